The molecule has 6 heteroatoms. The van der Waals surface area contributed by atoms with Crippen molar-refractivity contribution in [3.63, 3.8) is 0 Å². The van der Waals surface area contributed by atoms with Crippen molar-refractivity contribution in [1.29, 1.82) is 0 Å². The highest BCUT2D eigenvalue weighted by molar-refractivity contribution is 6.48. The zero-order chi connectivity index (χ0) is 8.59. The third-order valence-corrected chi connectivity index (χ3v) is 2.49. The van der Waals surface area contributed by atoms with E-state index in [1.807, 2.05) is 0 Å². The molecule has 2 nitrogen and oxygen atoms in total. The summed E-state index contributed by atoms with van der Waals surface area (Å²) >= 11 is 21.9. The molecule has 0 spiro atoms. The van der Waals surface area contributed by atoms with Gasteiger partial charge >= 0.3 is 0 Å². The maximum absolute atomic E-state index is 10.9. The van der Waals surface area contributed by atoms with Crippen molar-refractivity contribution in [1.82, 2.24) is 4.09 Å². The highest BCUT2D eigenvalue weighted by Crippen LogP contribution is 2.26. The van der Waals surface area contributed by atoms with E-state index in [1.165, 1.54) is 6.20 Å². The summed E-state index contributed by atoms with van der Waals surface area (Å²) in [6, 6.07) is 0. The van der Waals surface area contributed by atoms with Gasteiger partial charge in [-0.25, -0.2) is 4.09 Å². The summed E-state index contributed by atoms with van der Waals surface area (Å²) in [5.74, 6) is 0. The van der Waals surface area contributed by atoms with Gasteiger partial charge in [0.15, 0.2) is 0 Å². The predicted molar refractivity (Wildman–Crippen MR) is 47.0 cm³/mol. The van der Waals surface area contributed by atoms with E-state index in [9.17, 15) is 4.79 Å². The normalized spacial score (nSPS) is 10.2. The summed E-state index contributed by atoms with van der Waals surface area (Å²) in [7, 11) is 0. The van der Waals surface area contributed by atoms with Crippen LogP contribution in [0, 0.1) is 0 Å². The molecule has 1 heterocycles. The van der Waals surface area contributed by atoms with Crippen LogP contribution >= 0.6 is 46.6 Å². The molecule has 0 aromatic carbocycles. The SMILES string of the molecule is O=c1c(Cl)c(Cl)c(Cl)cn1Cl. The van der Waals surface area contributed by atoms with Crippen LogP contribution in [-0.4, -0.2) is 4.09 Å². The molecule has 0 amide bonds. The van der Waals surface area contributed by atoms with Crippen LogP contribution < -0.4 is 5.56 Å². The monoisotopic (exact) mass is 231 g/mol. The van der Waals surface area contributed by atoms with Crippen molar-refractivity contribution in [2.45, 2.75) is 0 Å². The molecule has 0 fully saturated rings. The fraction of sp³-hybridized carbons (Fsp3) is 0. The second kappa shape index (κ2) is 3.23. The maximum Gasteiger partial charge on any atom is 0.285 e. The zero-order valence-corrected chi connectivity index (χ0v) is 7.97. The van der Waals surface area contributed by atoms with E-state index in [1.54, 1.807) is 0 Å². The summed E-state index contributed by atoms with van der Waals surface area (Å²) in [5.41, 5.74) is -0.581. The van der Waals surface area contributed by atoms with Gasteiger partial charge < -0.3 is 0 Å². The number of halogens is 4. The quantitative estimate of drug-likeness (QED) is 0.675. The minimum atomic E-state index is -0.581. The van der Waals surface area contributed by atoms with Crippen molar-refractivity contribution >= 4 is 46.6 Å². The number of rotatable bonds is 0. The fourth-order valence-electron chi connectivity index (χ4n) is 0.507. The Kier molecular flexibility index (Phi) is 2.70. The molecule has 1 aromatic heterocycles. The second-order valence-electron chi connectivity index (χ2n) is 1.72. The van der Waals surface area contributed by atoms with Gasteiger partial charge in [-0.3, -0.25) is 4.79 Å². The molecule has 0 saturated carbocycles. The number of hydrogen-bond donors (Lipinski definition) is 0. The highest BCUT2D eigenvalue weighted by atomic mass is 35.5. The van der Waals surface area contributed by atoms with Gasteiger partial charge in [-0.2, -0.15) is 0 Å². The van der Waals surface area contributed by atoms with Crippen molar-refractivity contribution < 1.29 is 0 Å². The van der Waals surface area contributed by atoms with Gasteiger partial charge in [-0.05, 0) is 0 Å². The Morgan fingerprint density at radius 1 is 1.18 bits per heavy atom. The Morgan fingerprint density at radius 2 is 1.73 bits per heavy atom. The van der Waals surface area contributed by atoms with E-state index < -0.39 is 5.56 Å². The van der Waals surface area contributed by atoms with E-state index in [4.69, 9.17) is 46.6 Å². The number of nitrogens with zero attached hydrogens (tertiary/aromatic N) is 1. The lowest BCUT2D eigenvalue weighted by Gasteiger charge is -1.98. The standard InChI is InChI=1S/C5HCl4NO/c6-2-1-10(9)5(11)4(8)3(2)7/h1H. The fourth-order valence-corrected chi connectivity index (χ4v) is 1.35. The molecule has 60 valence electrons. The first-order chi connectivity index (χ1) is 5.04. The molecule has 0 N–H and O–H groups in total. The molecule has 11 heavy (non-hydrogen) atoms. The molecule has 0 bridgehead atoms. The number of pyridine rings is 1. The summed E-state index contributed by atoms with van der Waals surface area (Å²) in [4.78, 5) is 10.9. The highest BCUT2D eigenvalue weighted by Gasteiger charge is 2.09. The van der Waals surface area contributed by atoms with Gasteiger partial charge in [0.2, 0.25) is 0 Å². The first-order valence-electron chi connectivity index (χ1n) is 2.46. The molecule has 0 aliphatic carbocycles. The van der Waals surface area contributed by atoms with Gasteiger partial charge in [0.05, 0.1) is 10.0 Å². The molecule has 0 aliphatic heterocycles. The molecule has 1 aromatic rings. The molecular weight excluding hydrogens is 232 g/mol. The molecule has 0 atom stereocenters. The smallest absolute Gasteiger partial charge is 0.266 e. The maximum atomic E-state index is 10.9. The van der Waals surface area contributed by atoms with Gasteiger partial charge in [-0.15, -0.1) is 0 Å². The van der Waals surface area contributed by atoms with Crippen LogP contribution in [0.15, 0.2) is 11.0 Å². The molecule has 1 rings (SSSR count). The third-order valence-electron chi connectivity index (χ3n) is 1.01. The second-order valence-corrected chi connectivity index (χ2v) is 3.25. The lowest BCUT2D eigenvalue weighted by atomic mass is 10.5. The molecule has 0 saturated heterocycles. The van der Waals surface area contributed by atoms with Crippen LogP contribution in [0.2, 0.25) is 15.1 Å². The number of aromatic nitrogens is 1. The Bertz CT molecular complexity index is 345. The van der Waals surface area contributed by atoms with Crippen LogP contribution in [0.1, 0.15) is 0 Å². The first-order valence-corrected chi connectivity index (χ1v) is 3.93. The van der Waals surface area contributed by atoms with Gasteiger partial charge in [0.25, 0.3) is 5.56 Å². The Hall–Kier alpha value is 0.110. The Morgan fingerprint density at radius 3 is 2.27 bits per heavy atom. The topological polar surface area (TPSA) is 22.0 Å². The van der Waals surface area contributed by atoms with Crippen molar-refractivity contribution in [2.75, 3.05) is 0 Å². The van der Waals surface area contributed by atoms with Gasteiger partial charge in [0.1, 0.15) is 5.02 Å². The lowest BCUT2D eigenvalue weighted by Crippen LogP contribution is -2.12. The predicted octanol–water partition coefficient (Wildman–Crippen LogP) is 2.81. The Labute approximate surface area is 82.3 Å². The van der Waals surface area contributed by atoms with Gasteiger partial charge in [0, 0.05) is 18.0 Å². The van der Waals surface area contributed by atoms with Crippen molar-refractivity contribution in [2.24, 2.45) is 0 Å². The molecule has 0 radical (unpaired) electrons. The van der Waals surface area contributed by atoms with E-state index in [0.29, 0.717) is 0 Å². The lowest BCUT2D eigenvalue weighted by molar-refractivity contribution is 1.13. The first kappa shape index (κ1) is 9.20. The third kappa shape index (κ3) is 1.64. The number of hydrogen-bond acceptors (Lipinski definition) is 1. The van der Waals surface area contributed by atoms with E-state index in [0.717, 1.165) is 4.09 Å². The average molecular weight is 233 g/mol. The largest absolute Gasteiger partial charge is 0.285 e. The van der Waals surface area contributed by atoms with E-state index in [2.05, 4.69) is 0 Å². The summed E-state index contributed by atoms with van der Waals surface area (Å²) in [5, 5.41) is -0.00401. The zero-order valence-electron chi connectivity index (χ0n) is 4.94. The van der Waals surface area contributed by atoms with Crippen LogP contribution in [-0.2, 0) is 0 Å². The summed E-state index contributed by atoms with van der Waals surface area (Å²) in [6.45, 7) is 0. The van der Waals surface area contributed by atoms with Crippen LogP contribution in [0.5, 0.6) is 0 Å². The van der Waals surface area contributed by atoms with Crippen molar-refractivity contribution in [3.05, 3.63) is 31.6 Å². The van der Waals surface area contributed by atoms with Crippen LogP contribution in [0.4, 0.5) is 0 Å². The minimum absolute atomic E-state index is 0.0234. The summed E-state index contributed by atoms with van der Waals surface area (Å²) < 4.78 is 0.747. The van der Waals surface area contributed by atoms with Crippen LogP contribution in [0.3, 0.4) is 0 Å². The van der Waals surface area contributed by atoms with Gasteiger partial charge in [-0.1, -0.05) is 34.8 Å². The summed E-state index contributed by atoms with van der Waals surface area (Å²) in [6.07, 6.45) is 1.18. The van der Waals surface area contributed by atoms with E-state index in [-0.39, 0.29) is 15.1 Å². The molecule has 0 unspecified atom stereocenters. The molecular formula is C5HCl4NO. The average Bonchev–Trinajstić information content (AvgIpc) is 1.97. The molecule has 0 aliphatic rings. The van der Waals surface area contributed by atoms with E-state index >= 15 is 0 Å². The van der Waals surface area contributed by atoms with Crippen molar-refractivity contribution in [3.8, 4) is 0 Å². The Balaban J connectivity index is 3.59. The minimum Gasteiger partial charge on any atom is -0.266 e. The van der Waals surface area contributed by atoms with Crippen LogP contribution in [0.25, 0.3) is 0 Å².